The summed E-state index contributed by atoms with van der Waals surface area (Å²) in [6.45, 7) is 3.83. The molecule has 0 aromatic heterocycles. The predicted octanol–water partition coefficient (Wildman–Crippen LogP) is 1.34. The molecule has 2 heterocycles. The van der Waals surface area contributed by atoms with Crippen LogP contribution >= 0.6 is 11.8 Å². The topological polar surface area (TPSA) is 112 Å². The molecule has 0 aromatic rings. The molecule has 0 saturated carbocycles. The van der Waals surface area contributed by atoms with Crippen LogP contribution in [0.4, 0.5) is 0 Å². The minimum atomic E-state index is -4.69. The van der Waals surface area contributed by atoms with Crippen LogP contribution in [0.3, 0.4) is 0 Å². The summed E-state index contributed by atoms with van der Waals surface area (Å²) in [6.07, 6.45) is 6.43. The number of amidine groups is 1. The summed E-state index contributed by atoms with van der Waals surface area (Å²) in [7, 11) is -4.69. The maximum Gasteiger partial charge on any atom is 0.420 e. The van der Waals surface area contributed by atoms with Crippen LogP contribution in [0.15, 0.2) is 16.9 Å². The van der Waals surface area contributed by atoms with E-state index >= 15 is 0 Å². The molecule has 0 bridgehead atoms. The van der Waals surface area contributed by atoms with Crippen molar-refractivity contribution in [1.29, 1.82) is 0 Å². The Morgan fingerprint density at radius 1 is 1.33 bits per heavy atom. The Morgan fingerprint density at radius 2 is 2.04 bits per heavy atom. The molecular formula is C13H25N5O4S2. The van der Waals surface area contributed by atoms with E-state index in [1.165, 1.54) is 0 Å². The normalized spacial score (nSPS) is 19.4. The number of hydrazone groups is 1. The zero-order chi connectivity index (χ0) is 17.6. The fourth-order valence-electron chi connectivity index (χ4n) is 2.53. The van der Waals surface area contributed by atoms with Crippen LogP contribution in [0.5, 0.6) is 0 Å². The minimum absolute atomic E-state index is 0.550. The van der Waals surface area contributed by atoms with Crippen molar-refractivity contribution in [2.75, 3.05) is 24.6 Å². The first-order valence-electron chi connectivity index (χ1n) is 8.04. The second-order valence-corrected chi connectivity index (χ2v) is 7.83. The Balaban J connectivity index is 2.13. The molecule has 0 amide bonds. The van der Waals surface area contributed by atoms with Crippen LogP contribution in [0.2, 0.25) is 0 Å². The fourth-order valence-corrected chi connectivity index (χ4v) is 3.77. The van der Waals surface area contributed by atoms with Crippen molar-refractivity contribution in [1.82, 2.24) is 15.3 Å². The summed E-state index contributed by atoms with van der Waals surface area (Å²) >= 11 is 1.88. The van der Waals surface area contributed by atoms with Crippen molar-refractivity contribution >= 4 is 28.0 Å². The highest BCUT2D eigenvalue weighted by atomic mass is 32.3. The summed E-state index contributed by atoms with van der Waals surface area (Å²) < 4.78 is 35.7. The minimum Gasteiger partial charge on any atom is -0.353 e. The van der Waals surface area contributed by atoms with E-state index in [4.69, 9.17) is 10.4 Å². The molecule has 0 radical (unpaired) electrons. The van der Waals surface area contributed by atoms with Crippen LogP contribution in [-0.4, -0.2) is 58.7 Å². The molecule has 3 N–H and O–H groups in total. The lowest BCUT2D eigenvalue weighted by atomic mass is 10.1. The number of unbranched alkanes of at least 4 members (excludes halogenated alkanes) is 3. The number of hydroxylamine groups is 1. The van der Waals surface area contributed by atoms with E-state index in [9.17, 15) is 8.42 Å². The number of nitrogens with two attached hydrogens (primary N) is 1. The SMILES string of the molecule is CCCCCCC1=CC(N2CCSCC2)=NN(N)N1OS(=O)(=O)O. The Morgan fingerprint density at radius 3 is 2.67 bits per heavy atom. The predicted molar refractivity (Wildman–Crippen MR) is 93.7 cm³/mol. The van der Waals surface area contributed by atoms with Crippen LogP contribution < -0.4 is 5.84 Å². The zero-order valence-corrected chi connectivity index (χ0v) is 15.4. The third-order valence-corrected chi connectivity index (χ3v) is 4.99. The van der Waals surface area contributed by atoms with Crippen molar-refractivity contribution in [3.8, 4) is 0 Å². The Labute approximate surface area is 147 Å². The summed E-state index contributed by atoms with van der Waals surface area (Å²) in [4.78, 5) is 2.10. The molecule has 0 aromatic carbocycles. The van der Waals surface area contributed by atoms with Gasteiger partial charge in [0, 0.05) is 30.7 Å². The van der Waals surface area contributed by atoms with Crippen molar-refractivity contribution in [3.63, 3.8) is 0 Å². The molecule has 0 unspecified atom stereocenters. The molecule has 1 fully saturated rings. The van der Waals surface area contributed by atoms with E-state index in [1.807, 2.05) is 11.8 Å². The van der Waals surface area contributed by atoms with Gasteiger partial charge in [-0.1, -0.05) is 26.2 Å². The van der Waals surface area contributed by atoms with Gasteiger partial charge < -0.3 is 4.90 Å². The van der Waals surface area contributed by atoms with Gasteiger partial charge in [0.2, 0.25) is 0 Å². The first-order valence-corrected chi connectivity index (χ1v) is 10.6. The molecule has 1 saturated heterocycles. The number of hydrogen-bond donors (Lipinski definition) is 2. The molecule has 24 heavy (non-hydrogen) atoms. The molecule has 9 nitrogen and oxygen atoms in total. The van der Waals surface area contributed by atoms with Crippen molar-refractivity contribution in [2.24, 2.45) is 10.9 Å². The van der Waals surface area contributed by atoms with E-state index in [0.29, 0.717) is 18.0 Å². The number of nitrogens with zero attached hydrogens (tertiary/aromatic N) is 4. The largest absolute Gasteiger partial charge is 0.420 e. The van der Waals surface area contributed by atoms with Gasteiger partial charge in [0.15, 0.2) is 5.84 Å². The number of thioether (sulfide) groups is 1. The highest BCUT2D eigenvalue weighted by Crippen LogP contribution is 2.23. The third kappa shape index (κ3) is 5.81. The molecule has 138 valence electrons. The van der Waals surface area contributed by atoms with Gasteiger partial charge in [0.05, 0.1) is 5.70 Å². The van der Waals surface area contributed by atoms with Crippen LogP contribution in [0, 0.1) is 0 Å². The lowest BCUT2D eigenvalue weighted by Gasteiger charge is -2.36. The van der Waals surface area contributed by atoms with Gasteiger partial charge in [-0.25, -0.2) is 5.84 Å². The average molecular weight is 380 g/mol. The maximum atomic E-state index is 11.1. The summed E-state index contributed by atoms with van der Waals surface area (Å²) in [6, 6.07) is 0. The molecule has 2 aliphatic rings. The van der Waals surface area contributed by atoms with E-state index in [2.05, 4.69) is 21.2 Å². The number of hydrazine groups is 2. The first kappa shape index (κ1) is 19.3. The zero-order valence-electron chi connectivity index (χ0n) is 13.8. The molecule has 0 aliphatic carbocycles. The van der Waals surface area contributed by atoms with Gasteiger partial charge in [-0.2, -0.15) is 20.2 Å². The van der Waals surface area contributed by atoms with Crippen molar-refractivity contribution in [2.45, 2.75) is 39.0 Å². The number of allylic oxidation sites excluding steroid dienone is 1. The Kier molecular flexibility index (Phi) is 7.16. The van der Waals surface area contributed by atoms with Crippen LogP contribution in [-0.2, 0) is 14.7 Å². The molecule has 2 rings (SSSR count). The standard InChI is InChI=1S/C13H25N5O4S2/c1-2-3-4-5-6-12-11-13(16-7-9-23-10-8-16)15-18(14)17(12)22-24(19,20)21/h11H,2-10,14H2,1H3,(H,19,20,21). The van der Waals surface area contributed by atoms with Gasteiger partial charge in [0.1, 0.15) is 0 Å². The van der Waals surface area contributed by atoms with Gasteiger partial charge in [-0.3, -0.25) is 4.55 Å². The monoisotopic (exact) mass is 379 g/mol. The Hall–Kier alpha value is -1.01. The second kappa shape index (κ2) is 8.90. The maximum absolute atomic E-state index is 11.1. The quantitative estimate of drug-likeness (QED) is 0.384. The summed E-state index contributed by atoms with van der Waals surface area (Å²) in [5.74, 6) is 8.50. The molecule has 0 atom stereocenters. The van der Waals surface area contributed by atoms with Gasteiger partial charge in [0.25, 0.3) is 0 Å². The van der Waals surface area contributed by atoms with Gasteiger partial charge in [-0.05, 0) is 12.8 Å². The van der Waals surface area contributed by atoms with Gasteiger partial charge >= 0.3 is 10.4 Å². The Bertz CT molecular complexity index is 575. The van der Waals surface area contributed by atoms with Crippen molar-refractivity contribution in [3.05, 3.63) is 11.8 Å². The molecule has 11 heteroatoms. The first-order chi connectivity index (χ1) is 11.4. The molecular weight excluding hydrogens is 354 g/mol. The lowest BCUT2D eigenvalue weighted by Crippen LogP contribution is -2.50. The summed E-state index contributed by atoms with van der Waals surface area (Å²) in [5, 5.41) is 5.80. The third-order valence-electron chi connectivity index (χ3n) is 3.72. The number of rotatable bonds is 7. The van der Waals surface area contributed by atoms with Crippen LogP contribution in [0.25, 0.3) is 0 Å². The highest BCUT2D eigenvalue weighted by molar-refractivity contribution is 7.99. The van der Waals surface area contributed by atoms with Crippen molar-refractivity contribution < 1.29 is 17.3 Å². The average Bonchev–Trinajstić information content (AvgIpc) is 2.54. The van der Waals surface area contributed by atoms with E-state index < -0.39 is 10.4 Å². The second-order valence-electron chi connectivity index (χ2n) is 5.60. The van der Waals surface area contributed by atoms with Gasteiger partial charge in [-0.15, -0.1) is 19.8 Å². The smallest absolute Gasteiger partial charge is 0.353 e. The van der Waals surface area contributed by atoms with E-state index in [0.717, 1.165) is 60.7 Å². The molecule has 2 aliphatic heterocycles. The number of hydrogen-bond acceptors (Lipinski definition) is 9. The lowest BCUT2D eigenvalue weighted by molar-refractivity contribution is -0.200. The highest BCUT2D eigenvalue weighted by Gasteiger charge is 2.28. The summed E-state index contributed by atoms with van der Waals surface area (Å²) in [5.41, 5.74) is 0.550. The van der Waals surface area contributed by atoms with E-state index in [-0.39, 0.29) is 0 Å². The van der Waals surface area contributed by atoms with Crippen LogP contribution in [0.1, 0.15) is 39.0 Å². The molecule has 0 spiro atoms. The van der Waals surface area contributed by atoms with E-state index in [1.54, 1.807) is 6.08 Å². The fraction of sp³-hybridized carbons (Fsp3) is 0.769.